The van der Waals surface area contributed by atoms with Crippen molar-refractivity contribution in [3.63, 3.8) is 0 Å². The maximum Gasteiger partial charge on any atom is 0.147 e. The number of nitrogens with zero attached hydrogens (tertiary/aromatic N) is 4. The molecule has 0 saturated carbocycles. The van der Waals surface area contributed by atoms with E-state index in [1.54, 1.807) is 28.9 Å². The van der Waals surface area contributed by atoms with Crippen molar-refractivity contribution in [3.05, 3.63) is 59.9 Å². The van der Waals surface area contributed by atoms with Crippen molar-refractivity contribution >= 4 is 5.52 Å². The smallest absolute Gasteiger partial charge is 0.147 e. The molecule has 0 bridgehead atoms. The Kier molecular flexibility index (Phi) is 3.71. The zero-order valence-electron chi connectivity index (χ0n) is 11.9. The van der Waals surface area contributed by atoms with Gasteiger partial charge >= 0.3 is 0 Å². The molecule has 5 nitrogen and oxygen atoms in total. The predicted octanol–water partition coefficient (Wildman–Crippen LogP) is 3.27. The van der Waals surface area contributed by atoms with E-state index in [0.29, 0.717) is 28.9 Å². The van der Waals surface area contributed by atoms with Crippen LogP contribution in [0.15, 0.2) is 42.9 Å². The average molecular weight is 296 g/mol. The molecule has 0 saturated heterocycles. The van der Waals surface area contributed by atoms with Crippen LogP contribution in [0.2, 0.25) is 0 Å². The third kappa shape index (κ3) is 2.49. The van der Waals surface area contributed by atoms with Gasteiger partial charge in [-0.25, -0.2) is 8.91 Å². The van der Waals surface area contributed by atoms with Crippen LogP contribution in [0.5, 0.6) is 5.75 Å². The fraction of sp³-hybridized carbons (Fsp3) is 0.188. The number of rotatable bonds is 4. The number of hydrogen-bond acceptors (Lipinski definition) is 4. The van der Waals surface area contributed by atoms with Crippen molar-refractivity contribution in [2.45, 2.75) is 19.4 Å². The van der Waals surface area contributed by atoms with E-state index in [4.69, 9.17) is 4.74 Å². The number of hydrogen-bond donors (Lipinski definition) is 0. The second-order valence-corrected chi connectivity index (χ2v) is 4.75. The van der Waals surface area contributed by atoms with Gasteiger partial charge in [-0.1, -0.05) is 6.92 Å². The molecule has 0 aliphatic carbocycles. The van der Waals surface area contributed by atoms with Crippen molar-refractivity contribution in [2.24, 2.45) is 0 Å². The molecule has 3 aromatic rings. The minimum Gasteiger partial charge on any atom is -0.482 e. The van der Waals surface area contributed by atoms with Gasteiger partial charge in [0, 0.05) is 6.20 Å². The van der Waals surface area contributed by atoms with E-state index >= 15 is 0 Å². The standard InChI is InChI=1S/C16H13FN4O/c1-2-14(13-6-5-12(17)10-19-13)22-15-4-3-7-21-16(15)11(8-18)9-20-21/h3-7,9-10,14H,2H2,1H3/t14-/m1/s1. The third-order valence-electron chi connectivity index (χ3n) is 3.34. The summed E-state index contributed by atoms with van der Waals surface area (Å²) in [4.78, 5) is 4.07. The first-order valence-electron chi connectivity index (χ1n) is 6.87. The number of fused-ring (bicyclic) bond motifs is 1. The van der Waals surface area contributed by atoms with E-state index in [9.17, 15) is 9.65 Å². The minimum atomic E-state index is -0.386. The quantitative estimate of drug-likeness (QED) is 0.741. The lowest BCUT2D eigenvalue weighted by Gasteiger charge is -2.17. The highest BCUT2D eigenvalue weighted by Gasteiger charge is 2.16. The molecule has 0 unspecified atom stereocenters. The Morgan fingerprint density at radius 2 is 2.23 bits per heavy atom. The van der Waals surface area contributed by atoms with Gasteiger partial charge in [-0.05, 0) is 30.7 Å². The van der Waals surface area contributed by atoms with E-state index in [0.717, 1.165) is 0 Å². The van der Waals surface area contributed by atoms with Gasteiger partial charge in [0.25, 0.3) is 0 Å². The first kappa shape index (κ1) is 14.0. The highest BCUT2D eigenvalue weighted by atomic mass is 19.1. The molecule has 3 heterocycles. The Morgan fingerprint density at radius 1 is 1.36 bits per heavy atom. The van der Waals surface area contributed by atoms with Gasteiger partial charge < -0.3 is 4.74 Å². The summed E-state index contributed by atoms with van der Waals surface area (Å²) < 4.78 is 20.6. The van der Waals surface area contributed by atoms with Crippen LogP contribution < -0.4 is 4.74 Å². The maximum atomic E-state index is 13.0. The normalized spacial score (nSPS) is 12.0. The molecule has 110 valence electrons. The Bertz CT molecular complexity index is 835. The van der Waals surface area contributed by atoms with Crippen LogP contribution in [-0.2, 0) is 0 Å². The van der Waals surface area contributed by atoms with Crippen molar-refractivity contribution in [3.8, 4) is 11.8 Å². The molecule has 6 heteroatoms. The van der Waals surface area contributed by atoms with Gasteiger partial charge in [0.15, 0.2) is 0 Å². The summed E-state index contributed by atoms with van der Waals surface area (Å²) in [5.74, 6) is 0.165. The van der Waals surface area contributed by atoms with Crippen LogP contribution in [-0.4, -0.2) is 14.6 Å². The molecule has 0 aliphatic heterocycles. The molecule has 0 amide bonds. The largest absolute Gasteiger partial charge is 0.482 e. The molecule has 22 heavy (non-hydrogen) atoms. The molecule has 0 spiro atoms. The zero-order valence-corrected chi connectivity index (χ0v) is 11.9. The molecule has 0 N–H and O–H groups in total. The summed E-state index contributed by atoms with van der Waals surface area (Å²) in [5, 5.41) is 13.3. The van der Waals surface area contributed by atoms with Gasteiger partial charge in [-0.2, -0.15) is 10.4 Å². The van der Waals surface area contributed by atoms with E-state index in [2.05, 4.69) is 16.2 Å². The van der Waals surface area contributed by atoms with Crippen molar-refractivity contribution in [2.75, 3.05) is 0 Å². The monoisotopic (exact) mass is 296 g/mol. The lowest BCUT2D eigenvalue weighted by molar-refractivity contribution is 0.198. The van der Waals surface area contributed by atoms with Gasteiger partial charge in [0.05, 0.1) is 18.1 Å². The van der Waals surface area contributed by atoms with Gasteiger partial charge in [0.1, 0.15) is 34.8 Å². The van der Waals surface area contributed by atoms with Crippen molar-refractivity contribution < 1.29 is 9.13 Å². The van der Waals surface area contributed by atoms with Crippen LogP contribution in [0.1, 0.15) is 30.7 Å². The Balaban J connectivity index is 1.99. The number of nitriles is 1. The van der Waals surface area contributed by atoms with Crippen molar-refractivity contribution in [1.82, 2.24) is 14.6 Å². The van der Waals surface area contributed by atoms with E-state index < -0.39 is 0 Å². The molecule has 1 atom stereocenters. The lowest BCUT2D eigenvalue weighted by atomic mass is 10.2. The summed E-state index contributed by atoms with van der Waals surface area (Å²) in [6.45, 7) is 1.96. The number of halogens is 1. The Hall–Kier alpha value is -2.94. The molecule has 3 rings (SSSR count). The SMILES string of the molecule is CC[C@@H](Oc1cccn2ncc(C#N)c12)c1ccc(F)cn1. The summed E-state index contributed by atoms with van der Waals surface area (Å²) in [6.07, 6.45) is 4.75. The second-order valence-electron chi connectivity index (χ2n) is 4.75. The number of aromatic nitrogens is 3. The summed E-state index contributed by atoms with van der Waals surface area (Å²) in [7, 11) is 0. The van der Waals surface area contributed by atoms with Crippen LogP contribution >= 0.6 is 0 Å². The molecule has 0 fully saturated rings. The zero-order chi connectivity index (χ0) is 15.5. The van der Waals surface area contributed by atoms with Crippen LogP contribution in [0.4, 0.5) is 4.39 Å². The Labute approximate surface area is 126 Å². The fourth-order valence-electron chi connectivity index (χ4n) is 2.27. The molecule has 0 aromatic carbocycles. The van der Waals surface area contributed by atoms with Gasteiger partial charge in [0.2, 0.25) is 0 Å². The topological polar surface area (TPSA) is 63.2 Å². The Morgan fingerprint density at radius 3 is 2.91 bits per heavy atom. The van der Waals surface area contributed by atoms with E-state index in [-0.39, 0.29) is 11.9 Å². The summed E-state index contributed by atoms with van der Waals surface area (Å²) >= 11 is 0. The minimum absolute atomic E-state index is 0.326. The maximum absolute atomic E-state index is 13.0. The second kappa shape index (κ2) is 5.82. The van der Waals surface area contributed by atoms with Gasteiger partial charge in [-0.15, -0.1) is 0 Å². The number of pyridine rings is 2. The predicted molar refractivity (Wildman–Crippen MR) is 77.8 cm³/mol. The molecular weight excluding hydrogens is 283 g/mol. The number of ether oxygens (including phenoxy) is 1. The molecular formula is C16H13FN4O. The first-order valence-corrected chi connectivity index (χ1v) is 6.87. The molecule has 0 radical (unpaired) electrons. The molecule has 3 aromatic heterocycles. The summed E-state index contributed by atoms with van der Waals surface area (Å²) in [5.41, 5.74) is 1.70. The lowest BCUT2D eigenvalue weighted by Crippen LogP contribution is -2.09. The average Bonchev–Trinajstić information content (AvgIpc) is 2.97. The first-order chi connectivity index (χ1) is 10.7. The van der Waals surface area contributed by atoms with E-state index in [1.165, 1.54) is 18.5 Å². The van der Waals surface area contributed by atoms with Crippen LogP contribution in [0, 0.1) is 17.1 Å². The highest BCUT2D eigenvalue weighted by molar-refractivity contribution is 5.68. The van der Waals surface area contributed by atoms with E-state index in [1.807, 2.05) is 6.92 Å². The highest BCUT2D eigenvalue weighted by Crippen LogP contribution is 2.29. The van der Waals surface area contributed by atoms with Crippen LogP contribution in [0.25, 0.3) is 5.52 Å². The summed E-state index contributed by atoms with van der Waals surface area (Å²) in [6, 6.07) is 8.63. The van der Waals surface area contributed by atoms with Crippen molar-refractivity contribution in [1.29, 1.82) is 5.26 Å². The third-order valence-corrected chi connectivity index (χ3v) is 3.34. The van der Waals surface area contributed by atoms with Gasteiger partial charge in [-0.3, -0.25) is 4.98 Å². The molecule has 0 aliphatic rings. The van der Waals surface area contributed by atoms with Crippen LogP contribution in [0.3, 0.4) is 0 Å². The fourth-order valence-corrected chi connectivity index (χ4v) is 2.27.